The molecule has 0 aromatic heterocycles. The first-order chi connectivity index (χ1) is 35.9. The summed E-state index contributed by atoms with van der Waals surface area (Å²) in [4.78, 5) is 39.8. The van der Waals surface area contributed by atoms with Crippen molar-refractivity contribution in [2.24, 2.45) is 0 Å². The summed E-state index contributed by atoms with van der Waals surface area (Å²) in [5.74, 6) is -0.575. The van der Waals surface area contributed by atoms with Gasteiger partial charge in [-0.1, -0.05) is 227 Å². The number of hydrogen-bond acceptors (Lipinski definition) is 7. The van der Waals surface area contributed by atoms with E-state index in [1.165, 1.54) is 64.2 Å². The Kier molecular flexibility index (Phi) is 51.1. The van der Waals surface area contributed by atoms with Crippen molar-refractivity contribution in [3.05, 3.63) is 97.2 Å². The average molecular weight is 1050 g/mol. The summed E-state index contributed by atoms with van der Waals surface area (Å²) in [6.45, 7) is 6.66. The zero-order valence-corrected chi connectivity index (χ0v) is 49.4. The summed E-state index contributed by atoms with van der Waals surface area (Å²) >= 11 is 0. The number of unbranched alkanes of at least 4 members (excludes halogenated alkanes) is 23. The third-order valence-electron chi connectivity index (χ3n) is 12.7. The highest BCUT2D eigenvalue weighted by Gasteiger charge is 2.27. The van der Waals surface area contributed by atoms with Gasteiger partial charge in [-0.15, -0.1) is 0 Å². The van der Waals surface area contributed by atoms with Crippen LogP contribution in [0, 0.1) is 0 Å². The maximum atomic E-state index is 13.4. The summed E-state index contributed by atoms with van der Waals surface area (Å²) in [7, 11) is 1.16. The van der Waals surface area contributed by atoms with Gasteiger partial charge in [-0.3, -0.25) is 14.2 Å². The molecule has 0 aromatic rings. The molecule has 9 nitrogen and oxygen atoms in total. The van der Waals surface area contributed by atoms with E-state index in [1.54, 1.807) is 0 Å². The number of carbonyl (C=O) groups excluding carboxylic acids is 2. The van der Waals surface area contributed by atoms with Crippen molar-refractivity contribution in [1.29, 1.82) is 0 Å². The molecule has 74 heavy (non-hydrogen) atoms. The molecule has 0 bridgehead atoms. The SMILES string of the molecule is CC/C=C\C/C=C\C/C=C\C/C=C\C/C=C\C/C=C\CCCCCCCCC(=O)OC(/C=C\CCCCCCCCCCCC)C(COP(=O)([O-])OCC[N+](C)(C)C)NC(=O)CCCCCCC/C=C\CCCC. The number of hydrogen-bond donors (Lipinski definition) is 1. The van der Waals surface area contributed by atoms with Gasteiger partial charge < -0.3 is 28.5 Å². The summed E-state index contributed by atoms with van der Waals surface area (Å²) in [6, 6.07) is -0.902. The predicted octanol–water partition coefficient (Wildman–Crippen LogP) is 17.8. The number of phosphoric ester groups is 1. The van der Waals surface area contributed by atoms with Crippen molar-refractivity contribution >= 4 is 19.7 Å². The van der Waals surface area contributed by atoms with Crippen molar-refractivity contribution < 1.29 is 37.3 Å². The monoisotopic (exact) mass is 1050 g/mol. The Morgan fingerprint density at radius 3 is 1.35 bits per heavy atom. The number of amides is 1. The maximum absolute atomic E-state index is 13.4. The van der Waals surface area contributed by atoms with E-state index in [0.29, 0.717) is 23.9 Å². The van der Waals surface area contributed by atoms with E-state index in [-0.39, 0.29) is 24.9 Å². The average Bonchev–Trinajstić information content (AvgIpc) is 3.36. The Labute approximate surface area is 456 Å². The van der Waals surface area contributed by atoms with Crippen molar-refractivity contribution in [3.63, 3.8) is 0 Å². The first-order valence-corrected chi connectivity index (χ1v) is 31.5. The summed E-state index contributed by atoms with van der Waals surface area (Å²) in [5, 5.41) is 3.01. The lowest BCUT2D eigenvalue weighted by molar-refractivity contribution is -0.870. The zero-order valence-electron chi connectivity index (χ0n) is 48.5. The second-order valence-electron chi connectivity index (χ2n) is 21.1. The van der Waals surface area contributed by atoms with Gasteiger partial charge in [0.05, 0.1) is 33.8 Å². The molecule has 0 spiro atoms. The zero-order chi connectivity index (χ0) is 54.3. The van der Waals surface area contributed by atoms with E-state index in [0.717, 1.165) is 141 Å². The van der Waals surface area contributed by atoms with Crippen LogP contribution < -0.4 is 10.2 Å². The van der Waals surface area contributed by atoms with Crippen molar-refractivity contribution in [3.8, 4) is 0 Å². The fraction of sp³-hybridized carbons (Fsp3) is 0.719. The molecule has 0 fully saturated rings. The number of esters is 1. The largest absolute Gasteiger partial charge is 0.756 e. The molecule has 1 N–H and O–H groups in total. The number of phosphoric acid groups is 1. The number of quaternary nitrogens is 1. The van der Waals surface area contributed by atoms with Gasteiger partial charge in [0.1, 0.15) is 19.3 Å². The van der Waals surface area contributed by atoms with Crippen LogP contribution >= 0.6 is 7.82 Å². The lowest BCUT2D eigenvalue weighted by Crippen LogP contribution is -2.47. The quantitative estimate of drug-likeness (QED) is 0.0212. The molecule has 0 aliphatic heterocycles. The molecule has 0 rings (SSSR count). The lowest BCUT2D eigenvalue weighted by atomic mass is 10.0. The molecule has 0 saturated heterocycles. The normalized spacial score (nSPS) is 14.4. The number of allylic oxidation sites excluding steroid dienone is 15. The van der Waals surface area contributed by atoms with E-state index in [9.17, 15) is 19.0 Å². The van der Waals surface area contributed by atoms with Gasteiger partial charge in [0, 0.05) is 12.8 Å². The fourth-order valence-corrected chi connectivity index (χ4v) is 8.82. The third kappa shape index (κ3) is 53.7. The van der Waals surface area contributed by atoms with Gasteiger partial charge in [0.2, 0.25) is 5.91 Å². The van der Waals surface area contributed by atoms with Crippen molar-refractivity contribution in [2.45, 2.75) is 258 Å². The highest BCUT2D eigenvalue weighted by molar-refractivity contribution is 7.45. The van der Waals surface area contributed by atoms with Gasteiger partial charge in [0.25, 0.3) is 7.82 Å². The minimum atomic E-state index is -4.70. The molecule has 0 aliphatic rings. The van der Waals surface area contributed by atoms with E-state index >= 15 is 0 Å². The smallest absolute Gasteiger partial charge is 0.306 e. The number of nitrogens with zero attached hydrogens (tertiary/aromatic N) is 1. The van der Waals surface area contributed by atoms with Crippen LogP contribution in [-0.2, 0) is 27.9 Å². The molecular weight excluding hydrogens is 940 g/mol. The minimum Gasteiger partial charge on any atom is -0.756 e. The van der Waals surface area contributed by atoms with Crippen LogP contribution in [-0.4, -0.2) is 69.4 Å². The van der Waals surface area contributed by atoms with Crippen LogP contribution in [0.4, 0.5) is 0 Å². The molecule has 1 amide bonds. The highest BCUT2D eigenvalue weighted by Crippen LogP contribution is 2.38. The first-order valence-electron chi connectivity index (χ1n) is 30.0. The topological polar surface area (TPSA) is 114 Å². The number of likely N-dealkylation sites (N-methyl/N-ethyl adjacent to an activating group) is 1. The van der Waals surface area contributed by atoms with Crippen LogP contribution in [0.1, 0.15) is 245 Å². The third-order valence-corrected chi connectivity index (χ3v) is 13.7. The number of rotatable bonds is 53. The van der Waals surface area contributed by atoms with Crippen LogP contribution in [0.3, 0.4) is 0 Å². The van der Waals surface area contributed by atoms with Gasteiger partial charge in [-0.05, 0) is 102 Å². The van der Waals surface area contributed by atoms with Gasteiger partial charge in [0.15, 0.2) is 0 Å². The Balaban J connectivity index is 5.20. The fourth-order valence-electron chi connectivity index (χ4n) is 8.09. The maximum Gasteiger partial charge on any atom is 0.306 e. The van der Waals surface area contributed by atoms with Crippen LogP contribution in [0.5, 0.6) is 0 Å². The molecular formula is C64H113N2O7P. The predicted molar refractivity (Wildman–Crippen MR) is 316 cm³/mol. The molecule has 0 heterocycles. The first kappa shape index (κ1) is 70.9. The summed E-state index contributed by atoms with van der Waals surface area (Å²) in [6.07, 6.45) is 70.9. The van der Waals surface area contributed by atoms with Crippen LogP contribution in [0.25, 0.3) is 0 Å². The van der Waals surface area contributed by atoms with E-state index < -0.39 is 26.6 Å². The molecule has 0 radical (unpaired) electrons. The Hall–Kier alpha value is -3.07. The lowest BCUT2D eigenvalue weighted by Gasteiger charge is -2.30. The van der Waals surface area contributed by atoms with E-state index in [4.69, 9.17) is 13.8 Å². The van der Waals surface area contributed by atoms with Crippen molar-refractivity contribution in [2.75, 3.05) is 40.9 Å². The summed E-state index contributed by atoms with van der Waals surface area (Å²) < 4.78 is 30.2. The van der Waals surface area contributed by atoms with E-state index in [2.05, 4.69) is 111 Å². The summed E-state index contributed by atoms with van der Waals surface area (Å²) in [5.41, 5.74) is 0. The molecule has 426 valence electrons. The molecule has 0 aromatic carbocycles. The Bertz CT molecular complexity index is 1590. The molecule has 3 unspecified atom stereocenters. The highest BCUT2D eigenvalue weighted by atomic mass is 31.2. The van der Waals surface area contributed by atoms with Gasteiger partial charge in [-0.2, -0.15) is 0 Å². The number of nitrogens with one attached hydrogen (secondary N) is 1. The number of ether oxygens (including phenoxy) is 1. The Morgan fingerprint density at radius 1 is 0.486 bits per heavy atom. The van der Waals surface area contributed by atoms with Gasteiger partial charge >= 0.3 is 5.97 Å². The molecule has 0 saturated carbocycles. The molecule has 0 aliphatic carbocycles. The number of carbonyl (C=O) groups is 2. The molecule has 3 atom stereocenters. The second kappa shape index (κ2) is 53.3. The van der Waals surface area contributed by atoms with Crippen molar-refractivity contribution in [1.82, 2.24) is 5.32 Å². The van der Waals surface area contributed by atoms with E-state index in [1.807, 2.05) is 33.3 Å². The minimum absolute atomic E-state index is 0.0307. The standard InChI is InChI=1S/C64H113N2O7P/c1-7-10-13-16-19-22-25-27-28-29-30-31-32-33-34-35-36-37-38-39-42-45-48-51-54-57-64(68)73-62(55-52-49-46-43-41-26-23-20-17-14-11-8-2)61(60-72-74(69,70)71-59-58-66(4,5)6)65-63(67)56-53-50-47-44-40-24-21-18-15-12-9-3/h10,13,18-19,21-22,27-28,30-31,33-34,36-37,52,55,61-62H,7-9,11-12,14-17,20,23-26,29,32,35,38-51,53-54,56-60H2,1-6H3,(H-,65,67,69,70)/b13-10-,21-18-,22-19-,28-27-,31-30-,34-33-,37-36-,55-52-. The van der Waals surface area contributed by atoms with Crippen LogP contribution in [0.2, 0.25) is 0 Å². The Morgan fingerprint density at radius 2 is 0.878 bits per heavy atom. The van der Waals surface area contributed by atoms with Gasteiger partial charge in [-0.25, -0.2) is 0 Å². The molecule has 10 heteroatoms. The van der Waals surface area contributed by atoms with Crippen LogP contribution in [0.15, 0.2) is 97.2 Å². The second-order valence-corrected chi connectivity index (χ2v) is 22.5.